The van der Waals surface area contributed by atoms with Crippen molar-refractivity contribution in [1.82, 2.24) is 5.32 Å². The maximum Gasteiger partial charge on any atom is 0.123 e. The molecule has 0 spiro atoms. The van der Waals surface area contributed by atoms with Crippen LogP contribution >= 0.6 is 0 Å². The van der Waals surface area contributed by atoms with E-state index in [9.17, 15) is 4.39 Å². The Balaban J connectivity index is 3.03. The zero-order valence-electron chi connectivity index (χ0n) is 12.8. The summed E-state index contributed by atoms with van der Waals surface area (Å²) in [5.41, 5.74) is 1.96. The van der Waals surface area contributed by atoms with Crippen molar-refractivity contribution >= 4 is 5.69 Å². The molecule has 0 saturated carbocycles. The molecule has 4 nitrogen and oxygen atoms in total. The fourth-order valence-electron chi connectivity index (χ4n) is 2.07. The van der Waals surface area contributed by atoms with Gasteiger partial charge in [-0.2, -0.15) is 0 Å². The fraction of sp³-hybridized carbons (Fsp3) is 0.600. The van der Waals surface area contributed by atoms with Gasteiger partial charge in [-0.25, -0.2) is 4.39 Å². The Kier molecular flexibility index (Phi) is 7.51. The second-order valence-electron chi connectivity index (χ2n) is 4.69. The number of benzene rings is 1. The highest BCUT2D eigenvalue weighted by molar-refractivity contribution is 5.55. The van der Waals surface area contributed by atoms with Gasteiger partial charge in [0.15, 0.2) is 0 Å². The first-order chi connectivity index (χ1) is 9.63. The van der Waals surface area contributed by atoms with Crippen LogP contribution in [-0.4, -0.2) is 47.6 Å². The van der Waals surface area contributed by atoms with Gasteiger partial charge >= 0.3 is 0 Å². The predicted molar refractivity (Wildman–Crippen MR) is 79.8 cm³/mol. The number of nitrogens with zero attached hydrogens (tertiary/aromatic N) is 1. The van der Waals surface area contributed by atoms with E-state index in [-0.39, 0.29) is 11.9 Å². The average Bonchev–Trinajstić information content (AvgIpc) is 2.47. The van der Waals surface area contributed by atoms with Crippen LogP contribution in [-0.2, 0) is 9.47 Å². The van der Waals surface area contributed by atoms with Crippen LogP contribution < -0.4 is 10.2 Å². The topological polar surface area (TPSA) is 33.7 Å². The second-order valence-corrected chi connectivity index (χ2v) is 4.69. The lowest BCUT2D eigenvalue weighted by Gasteiger charge is -2.28. The van der Waals surface area contributed by atoms with Gasteiger partial charge in [0, 0.05) is 39.0 Å². The minimum atomic E-state index is -0.218. The zero-order chi connectivity index (χ0) is 15.0. The number of halogens is 1. The van der Waals surface area contributed by atoms with E-state index in [2.05, 4.69) is 10.2 Å². The van der Waals surface area contributed by atoms with Gasteiger partial charge in [-0.15, -0.1) is 0 Å². The quantitative estimate of drug-likeness (QED) is 0.754. The molecule has 0 aliphatic heterocycles. The molecule has 0 aromatic heterocycles. The Morgan fingerprint density at radius 2 is 1.80 bits per heavy atom. The smallest absolute Gasteiger partial charge is 0.123 e. The van der Waals surface area contributed by atoms with Crippen LogP contribution in [0.25, 0.3) is 0 Å². The van der Waals surface area contributed by atoms with Crippen molar-refractivity contribution in [2.45, 2.75) is 13.0 Å². The van der Waals surface area contributed by atoms with Crippen molar-refractivity contribution in [3.05, 3.63) is 29.6 Å². The monoisotopic (exact) mass is 284 g/mol. The summed E-state index contributed by atoms with van der Waals surface area (Å²) >= 11 is 0. The first-order valence-electron chi connectivity index (χ1n) is 6.83. The maximum atomic E-state index is 13.5. The minimum absolute atomic E-state index is 0.0771. The van der Waals surface area contributed by atoms with Gasteiger partial charge in [0.25, 0.3) is 0 Å². The van der Waals surface area contributed by atoms with Crippen LogP contribution in [0.2, 0.25) is 0 Å². The molecule has 0 saturated heterocycles. The molecule has 0 aliphatic carbocycles. The number of methoxy groups -OCH3 is 2. The Hall–Kier alpha value is -1.17. The molecule has 0 amide bonds. The molecule has 20 heavy (non-hydrogen) atoms. The summed E-state index contributed by atoms with van der Waals surface area (Å²) in [6.07, 6.45) is 0. The van der Waals surface area contributed by atoms with Crippen molar-refractivity contribution in [2.24, 2.45) is 0 Å². The third-order valence-corrected chi connectivity index (χ3v) is 3.36. The first-order valence-corrected chi connectivity index (χ1v) is 6.83. The Bertz CT molecular complexity index is 393. The number of hydrogen-bond acceptors (Lipinski definition) is 4. The highest BCUT2D eigenvalue weighted by Gasteiger charge is 2.15. The molecular formula is C15H25FN2O2. The molecule has 114 valence electrons. The van der Waals surface area contributed by atoms with E-state index in [0.29, 0.717) is 13.2 Å². The molecule has 1 aromatic carbocycles. The molecule has 0 bridgehead atoms. The highest BCUT2D eigenvalue weighted by atomic mass is 19.1. The van der Waals surface area contributed by atoms with Crippen LogP contribution in [0.15, 0.2) is 18.2 Å². The van der Waals surface area contributed by atoms with Gasteiger partial charge in [-0.3, -0.25) is 0 Å². The predicted octanol–water partition coefficient (Wildman–Crippen LogP) is 2.21. The largest absolute Gasteiger partial charge is 0.383 e. The van der Waals surface area contributed by atoms with E-state index in [0.717, 1.165) is 24.3 Å². The summed E-state index contributed by atoms with van der Waals surface area (Å²) in [6, 6.07) is 4.98. The molecule has 1 N–H and O–H groups in total. The van der Waals surface area contributed by atoms with E-state index < -0.39 is 0 Å². The van der Waals surface area contributed by atoms with Gasteiger partial charge in [-0.05, 0) is 37.7 Å². The van der Waals surface area contributed by atoms with Crippen LogP contribution in [0, 0.1) is 5.82 Å². The van der Waals surface area contributed by atoms with Crippen molar-refractivity contribution in [3.63, 3.8) is 0 Å². The number of anilines is 1. The van der Waals surface area contributed by atoms with Crippen molar-refractivity contribution in [1.29, 1.82) is 0 Å². The molecule has 1 atom stereocenters. The second kappa shape index (κ2) is 8.89. The number of nitrogens with one attached hydrogen (secondary N) is 1. The Morgan fingerprint density at radius 3 is 2.30 bits per heavy atom. The van der Waals surface area contributed by atoms with Crippen molar-refractivity contribution < 1.29 is 13.9 Å². The van der Waals surface area contributed by atoms with E-state index in [1.54, 1.807) is 20.3 Å². The van der Waals surface area contributed by atoms with Crippen LogP contribution in [0.1, 0.15) is 18.5 Å². The van der Waals surface area contributed by atoms with Gasteiger partial charge in [0.2, 0.25) is 0 Å². The minimum Gasteiger partial charge on any atom is -0.383 e. The summed E-state index contributed by atoms with van der Waals surface area (Å²) in [7, 11) is 5.22. The van der Waals surface area contributed by atoms with Crippen molar-refractivity contribution in [2.75, 3.05) is 52.5 Å². The molecule has 1 aromatic rings. The summed E-state index contributed by atoms with van der Waals surface area (Å²) in [5, 5.41) is 3.16. The number of ether oxygens (including phenoxy) is 2. The number of rotatable bonds is 9. The summed E-state index contributed by atoms with van der Waals surface area (Å²) in [5.74, 6) is -0.218. The van der Waals surface area contributed by atoms with Gasteiger partial charge in [0.05, 0.1) is 13.2 Å². The SMILES string of the molecule is CNC(C)c1cc(F)ccc1N(CCOC)CCOC. The summed E-state index contributed by atoms with van der Waals surface area (Å²) < 4.78 is 23.8. The van der Waals surface area contributed by atoms with Gasteiger partial charge < -0.3 is 19.7 Å². The van der Waals surface area contributed by atoms with E-state index in [1.165, 1.54) is 6.07 Å². The lowest BCUT2D eigenvalue weighted by molar-refractivity contribution is 0.190. The molecule has 0 aliphatic rings. The molecular weight excluding hydrogens is 259 g/mol. The Labute approximate surface area is 120 Å². The molecule has 0 radical (unpaired) electrons. The molecule has 1 rings (SSSR count). The standard InChI is InChI=1S/C15H25FN2O2/c1-12(17-2)14-11-13(16)5-6-15(14)18(7-9-19-3)8-10-20-4/h5-6,11-12,17H,7-10H2,1-4H3. The molecule has 1 unspecified atom stereocenters. The summed E-state index contributed by atoms with van der Waals surface area (Å²) in [6.45, 7) is 4.75. The van der Waals surface area contributed by atoms with E-state index in [4.69, 9.17) is 9.47 Å². The normalized spacial score (nSPS) is 12.4. The maximum absolute atomic E-state index is 13.5. The fourth-order valence-corrected chi connectivity index (χ4v) is 2.07. The average molecular weight is 284 g/mol. The number of hydrogen-bond donors (Lipinski definition) is 1. The lowest BCUT2D eigenvalue weighted by atomic mass is 10.0. The Morgan fingerprint density at radius 1 is 1.20 bits per heavy atom. The third-order valence-electron chi connectivity index (χ3n) is 3.36. The molecule has 0 fully saturated rings. The highest BCUT2D eigenvalue weighted by Crippen LogP contribution is 2.27. The van der Waals surface area contributed by atoms with Crippen LogP contribution in [0.3, 0.4) is 0 Å². The van der Waals surface area contributed by atoms with E-state index in [1.807, 2.05) is 20.0 Å². The van der Waals surface area contributed by atoms with Crippen LogP contribution in [0.4, 0.5) is 10.1 Å². The summed E-state index contributed by atoms with van der Waals surface area (Å²) in [4.78, 5) is 2.16. The van der Waals surface area contributed by atoms with Gasteiger partial charge in [0.1, 0.15) is 5.82 Å². The third kappa shape index (κ3) is 4.74. The zero-order valence-corrected chi connectivity index (χ0v) is 12.8. The molecule has 5 heteroatoms. The molecule has 0 heterocycles. The van der Waals surface area contributed by atoms with Crippen molar-refractivity contribution in [3.8, 4) is 0 Å². The van der Waals surface area contributed by atoms with Crippen LogP contribution in [0.5, 0.6) is 0 Å². The van der Waals surface area contributed by atoms with E-state index >= 15 is 0 Å². The lowest BCUT2D eigenvalue weighted by Crippen LogP contribution is -2.32. The van der Waals surface area contributed by atoms with Gasteiger partial charge in [-0.1, -0.05) is 0 Å². The first kappa shape index (κ1) is 16.9.